The molecule has 0 aliphatic rings. The van der Waals surface area contributed by atoms with Crippen molar-refractivity contribution in [3.05, 3.63) is 35.9 Å². The second-order valence-electron chi connectivity index (χ2n) is 4.96. The van der Waals surface area contributed by atoms with E-state index in [1.807, 2.05) is 37.3 Å². The van der Waals surface area contributed by atoms with E-state index < -0.39 is 18.1 Å². The van der Waals surface area contributed by atoms with Gasteiger partial charge in [-0.1, -0.05) is 43.7 Å². The Morgan fingerprint density at radius 3 is 2.30 bits per heavy atom. The first-order valence-electron chi connectivity index (χ1n) is 6.72. The largest absolute Gasteiger partial charge is 0.480 e. The zero-order valence-corrected chi connectivity index (χ0v) is 12.2. The van der Waals surface area contributed by atoms with Gasteiger partial charge >= 0.3 is 5.97 Å². The van der Waals surface area contributed by atoms with E-state index in [-0.39, 0.29) is 5.91 Å². The molecule has 0 bridgehead atoms. The number of carbonyl (C=O) groups excluding carboxylic acids is 1. The molecule has 2 unspecified atom stereocenters. The molecular formula is C15H22N2O3. The standard InChI is InChI=1S/C15H22N2O3/c1-4-8-12(15(19)20)16-14(18)13(17(2)3)11-9-6-5-7-10-11/h5-7,9-10,12-13H,4,8H2,1-3H3,(H,16,18)(H,19,20). The summed E-state index contributed by atoms with van der Waals surface area (Å²) in [5.41, 5.74) is 0.843. The summed E-state index contributed by atoms with van der Waals surface area (Å²) in [6.07, 6.45) is 1.13. The lowest BCUT2D eigenvalue weighted by atomic mass is 10.0. The van der Waals surface area contributed by atoms with Crippen LogP contribution < -0.4 is 5.32 Å². The maximum atomic E-state index is 12.4. The van der Waals surface area contributed by atoms with E-state index in [4.69, 9.17) is 5.11 Å². The molecule has 0 heterocycles. The number of carboxylic acid groups (broad SMARTS) is 1. The number of amides is 1. The molecule has 110 valence electrons. The molecule has 0 saturated heterocycles. The molecule has 2 N–H and O–H groups in total. The number of nitrogens with one attached hydrogen (secondary N) is 1. The Morgan fingerprint density at radius 2 is 1.85 bits per heavy atom. The summed E-state index contributed by atoms with van der Waals surface area (Å²) in [5.74, 6) is -1.28. The number of carbonyl (C=O) groups is 2. The third-order valence-corrected chi connectivity index (χ3v) is 3.07. The first-order valence-corrected chi connectivity index (χ1v) is 6.72. The maximum Gasteiger partial charge on any atom is 0.326 e. The summed E-state index contributed by atoms with van der Waals surface area (Å²) in [6.45, 7) is 1.89. The molecule has 0 saturated carbocycles. The summed E-state index contributed by atoms with van der Waals surface area (Å²) in [6, 6.07) is 8.00. The number of hydrogen-bond donors (Lipinski definition) is 2. The van der Waals surface area contributed by atoms with E-state index in [0.29, 0.717) is 12.8 Å². The summed E-state index contributed by atoms with van der Waals surface area (Å²) in [5, 5.41) is 11.7. The fraction of sp³-hybridized carbons (Fsp3) is 0.467. The predicted molar refractivity (Wildman–Crippen MR) is 77.3 cm³/mol. The van der Waals surface area contributed by atoms with E-state index in [1.54, 1.807) is 19.0 Å². The minimum Gasteiger partial charge on any atom is -0.480 e. The van der Waals surface area contributed by atoms with Crippen molar-refractivity contribution in [3.8, 4) is 0 Å². The van der Waals surface area contributed by atoms with Crippen molar-refractivity contribution in [2.24, 2.45) is 0 Å². The van der Waals surface area contributed by atoms with Gasteiger partial charge in [0.15, 0.2) is 0 Å². The second kappa shape index (κ2) is 7.65. The Morgan fingerprint density at radius 1 is 1.25 bits per heavy atom. The van der Waals surface area contributed by atoms with Crippen LogP contribution in [0.25, 0.3) is 0 Å². The van der Waals surface area contributed by atoms with Crippen LogP contribution in [0.5, 0.6) is 0 Å². The first-order chi connectivity index (χ1) is 9.47. The molecule has 0 spiro atoms. The lowest BCUT2D eigenvalue weighted by Crippen LogP contribution is -2.45. The molecule has 0 aliphatic heterocycles. The number of aliphatic carboxylic acids is 1. The van der Waals surface area contributed by atoms with E-state index >= 15 is 0 Å². The third-order valence-electron chi connectivity index (χ3n) is 3.07. The van der Waals surface area contributed by atoms with Crippen LogP contribution in [-0.2, 0) is 9.59 Å². The first kappa shape index (κ1) is 16.2. The van der Waals surface area contributed by atoms with Crippen LogP contribution in [0.3, 0.4) is 0 Å². The third kappa shape index (κ3) is 4.35. The molecule has 0 aromatic heterocycles. The molecule has 1 aromatic rings. The summed E-state index contributed by atoms with van der Waals surface area (Å²) < 4.78 is 0. The van der Waals surface area contributed by atoms with Gasteiger partial charge in [-0.25, -0.2) is 4.79 Å². The topological polar surface area (TPSA) is 69.6 Å². The average molecular weight is 278 g/mol. The maximum absolute atomic E-state index is 12.4. The summed E-state index contributed by atoms with van der Waals surface area (Å²) in [4.78, 5) is 25.3. The molecular weight excluding hydrogens is 256 g/mol. The van der Waals surface area contributed by atoms with Crippen LogP contribution in [-0.4, -0.2) is 42.0 Å². The number of benzene rings is 1. The molecule has 1 aromatic carbocycles. The zero-order valence-electron chi connectivity index (χ0n) is 12.2. The molecule has 0 fully saturated rings. The molecule has 1 amide bonds. The highest BCUT2D eigenvalue weighted by atomic mass is 16.4. The van der Waals surface area contributed by atoms with Gasteiger partial charge in [0.2, 0.25) is 5.91 Å². The van der Waals surface area contributed by atoms with Crippen LogP contribution in [0.15, 0.2) is 30.3 Å². The van der Waals surface area contributed by atoms with E-state index in [9.17, 15) is 9.59 Å². The number of likely N-dealkylation sites (N-methyl/N-ethyl adjacent to an activating group) is 1. The molecule has 20 heavy (non-hydrogen) atoms. The van der Waals surface area contributed by atoms with Gasteiger partial charge in [-0.2, -0.15) is 0 Å². The Balaban J connectivity index is 2.87. The summed E-state index contributed by atoms with van der Waals surface area (Å²) >= 11 is 0. The van der Waals surface area contributed by atoms with Gasteiger partial charge in [0.25, 0.3) is 0 Å². The number of hydrogen-bond acceptors (Lipinski definition) is 3. The minimum atomic E-state index is -0.995. The Labute approximate surface area is 119 Å². The molecule has 5 heteroatoms. The average Bonchev–Trinajstić information content (AvgIpc) is 2.39. The van der Waals surface area contributed by atoms with Crippen molar-refractivity contribution < 1.29 is 14.7 Å². The monoisotopic (exact) mass is 278 g/mol. The van der Waals surface area contributed by atoms with Crippen molar-refractivity contribution in [3.63, 3.8) is 0 Å². The summed E-state index contributed by atoms with van der Waals surface area (Å²) in [7, 11) is 3.60. The van der Waals surface area contributed by atoms with Gasteiger partial charge in [0.1, 0.15) is 12.1 Å². The van der Waals surface area contributed by atoms with Gasteiger partial charge in [-0.05, 0) is 26.1 Å². The molecule has 2 atom stereocenters. The number of carboxylic acids is 1. The number of nitrogens with zero attached hydrogens (tertiary/aromatic N) is 1. The van der Waals surface area contributed by atoms with Crippen molar-refractivity contribution in [1.82, 2.24) is 10.2 Å². The Hall–Kier alpha value is -1.88. The van der Waals surface area contributed by atoms with Crippen molar-refractivity contribution >= 4 is 11.9 Å². The van der Waals surface area contributed by atoms with Crippen LogP contribution in [0.4, 0.5) is 0 Å². The molecule has 0 radical (unpaired) electrons. The second-order valence-corrected chi connectivity index (χ2v) is 4.96. The lowest BCUT2D eigenvalue weighted by Gasteiger charge is -2.25. The fourth-order valence-corrected chi connectivity index (χ4v) is 2.12. The molecule has 1 rings (SSSR count). The highest BCUT2D eigenvalue weighted by Gasteiger charge is 2.27. The predicted octanol–water partition coefficient (Wildman–Crippen LogP) is 1.66. The normalized spacial score (nSPS) is 13.8. The van der Waals surface area contributed by atoms with Crippen molar-refractivity contribution in [2.75, 3.05) is 14.1 Å². The van der Waals surface area contributed by atoms with E-state index in [0.717, 1.165) is 5.56 Å². The Bertz CT molecular complexity index is 446. The van der Waals surface area contributed by atoms with E-state index in [2.05, 4.69) is 5.32 Å². The number of rotatable bonds is 7. The Kier molecular flexibility index (Phi) is 6.18. The fourth-order valence-electron chi connectivity index (χ4n) is 2.12. The van der Waals surface area contributed by atoms with Crippen LogP contribution in [0.2, 0.25) is 0 Å². The smallest absolute Gasteiger partial charge is 0.326 e. The SMILES string of the molecule is CCCC(NC(=O)C(c1ccccc1)N(C)C)C(=O)O. The van der Waals surface area contributed by atoms with Crippen molar-refractivity contribution in [1.29, 1.82) is 0 Å². The van der Waals surface area contributed by atoms with Gasteiger partial charge in [-0.15, -0.1) is 0 Å². The van der Waals surface area contributed by atoms with Gasteiger partial charge in [0.05, 0.1) is 0 Å². The highest BCUT2D eigenvalue weighted by molar-refractivity contribution is 5.87. The molecule has 5 nitrogen and oxygen atoms in total. The highest BCUT2D eigenvalue weighted by Crippen LogP contribution is 2.18. The zero-order chi connectivity index (χ0) is 15.1. The van der Waals surface area contributed by atoms with Gasteiger partial charge in [0, 0.05) is 0 Å². The quantitative estimate of drug-likeness (QED) is 0.796. The van der Waals surface area contributed by atoms with Crippen LogP contribution in [0.1, 0.15) is 31.4 Å². The van der Waals surface area contributed by atoms with Gasteiger partial charge < -0.3 is 10.4 Å². The van der Waals surface area contributed by atoms with Crippen LogP contribution >= 0.6 is 0 Å². The van der Waals surface area contributed by atoms with E-state index in [1.165, 1.54) is 0 Å². The minimum absolute atomic E-state index is 0.290. The van der Waals surface area contributed by atoms with Crippen LogP contribution in [0, 0.1) is 0 Å². The van der Waals surface area contributed by atoms with Gasteiger partial charge in [-0.3, -0.25) is 9.69 Å². The molecule has 0 aliphatic carbocycles. The lowest BCUT2D eigenvalue weighted by molar-refractivity contribution is -0.142. The van der Waals surface area contributed by atoms with Crippen molar-refractivity contribution in [2.45, 2.75) is 31.8 Å².